The summed E-state index contributed by atoms with van der Waals surface area (Å²) >= 11 is 7.77. The first-order chi connectivity index (χ1) is 18.5. The fourth-order valence-electron chi connectivity index (χ4n) is 5.03. The van der Waals surface area contributed by atoms with Gasteiger partial charge in [0.1, 0.15) is 5.01 Å². The minimum Gasteiger partial charge on any atom is -0.460 e. The number of benzene rings is 2. The number of hydrogen-bond acceptors (Lipinski definition) is 7. The standard InChI is InChI=1S/C28H29ClN4O4S/c1-3-36-27(34)25-31-22-10-7-19(24(26-30-13-16-38-26)18-5-8-20(29)9-6-18)17-23(22)33(25)21-11-14-32(15-12-21)28(35)37-4-2/h5-10,13,16-17,21,24H,3-4,11-12,14-15H2,1-2H3. The molecule has 2 aromatic heterocycles. The number of nitrogens with zero attached hydrogens (tertiary/aromatic N) is 4. The van der Waals surface area contributed by atoms with Crippen LogP contribution >= 0.6 is 22.9 Å². The number of carbonyl (C=O) groups is 2. The second kappa shape index (κ2) is 11.5. The first kappa shape index (κ1) is 26.2. The molecular formula is C28H29ClN4O4S. The molecule has 0 aliphatic carbocycles. The normalized spacial score (nSPS) is 15.0. The number of carbonyl (C=O) groups excluding carboxylic acids is 2. The highest BCUT2D eigenvalue weighted by Crippen LogP contribution is 2.37. The Balaban J connectivity index is 1.57. The van der Waals surface area contributed by atoms with Crippen LogP contribution in [0.25, 0.3) is 11.0 Å². The zero-order valence-corrected chi connectivity index (χ0v) is 22.9. The van der Waals surface area contributed by atoms with E-state index in [0.717, 1.165) is 27.2 Å². The van der Waals surface area contributed by atoms with E-state index in [4.69, 9.17) is 26.1 Å². The molecule has 1 aliphatic rings. The van der Waals surface area contributed by atoms with Crippen LogP contribution in [0.5, 0.6) is 0 Å². The molecule has 1 atom stereocenters. The number of ether oxygens (including phenoxy) is 2. The molecule has 0 radical (unpaired) electrons. The summed E-state index contributed by atoms with van der Waals surface area (Å²) in [5.41, 5.74) is 3.69. The third-order valence-corrected chi connectivity index (χ3v) is 7.85. The molecule has 10 heteroatoms. The van der Waals surface area contributed by atoms with Gasteiger partial charge in [-0.2, -0.15) is 0 Å². The molecule has 3 heterocycles. The summed E-state index contributed by atoms with van der Waals surface area (Å²) in [5.74, 6) is -0.269. The Labute approximate surface area is 230 Å². The number of fused-ring (bicyclic) bond motifs is 1. The minimum absolute atomic E-state index is 0.0193. The summed E-state index contributed by atoms with van der Waals surface area (Å²) in [7, 11) is 0. The topological polar surface area (TPSA) is 86.5 Å². The molecular weight excluding hydrogens is 524 g/mol. The Morgan fingerprint density at radius 1 is 1.05 bits per heavy atom. The zero-order chi connectivity index (χ0) is 26.6. The lowest BCUT2D eigenvalue weighted by molar-refractivity contribution is 0.0498. The van der Waals surface area contributed by atoms with Gasteiger partial charge in [-0.1, -0.05) is 29.8 Å². The van der Waals surface area contributed by atoms with Crippen molar-refractivity contribution < 1.29 is 19.1 Å². The Morgan fingerprint density at radius 3 is 2.42 bits per heavy atom. The second-order valence-corrected chi connectivity index (χ2v) is 10.4. The van der Waals surface area contributed by atoms with Gasteiger partial charge in [-0.3, -0.25) is 0 Å². The van der Waals surface area contributed by atoms with E-state index in [0.29, 0.717) is 37.6 Å². The van der Waals surface area contributed by atoms with Crippen molar-refractivity contribution in [3.63, 3.8) is 0 Å². The number of hydrogen-bond donors (Lipinski definition) is 0. The lowest BCUT2D eigenvalue weighted by Crippen LogP contribution is -2.39. The van der Waals surface area contributed by atoms with Gasteiger partial charge >= 0.3 is 12.1 Å². The van der Waals surface area contributed by atoms with E-state index in [9.17, 15) is 9.59 Å². The largest absolute Gasteiger partial charge is 0.460 e. The minimum atomic E-state index is -0.452. The highest BCUT2D eigenvalue weighted by molar-refractivity contribution is 7.09. The number of imidazole rings is 1. The van der Waals surface area contributed by atoms with Crippen molar-refractivity contribution in [1.82, 2.24) is 19.4 Å². The summed E-state index contributed by atoms with van der Waals surface area (Å²) < 4.78 is 12.5. The maximum Gasteiger partial charge on any atom is 0.409 e. The van der Waals surface area contributed by atoms with Gasteiger partial charge in [0.15, 0.2) is 0 Å². The number of halogens is 1. The van der Waals surface area contributed by atoms with Crippen molar-refractivity contribution >= 4 is 46.0 Å². The van der Waals surface area contributed by atoms with Crippen LogP contribution in [0.3, 0.4) is 0 Å². The Kier molecular flexibility index (Phi) is 7.95. The molecule has 5 rings (SSSR count). The average molecular weight is 553 g/mol. The van der Waals surface area contributed by atoms with Gasteiger partial charge < -0.3 is 18.9 Å². The van der Waals surface area contributed by atoms with Gasteiger partial charge in [0.25, 0.3) is 0 Å². The predicted molar refractivity (Wildman–Crippen MR) is 147 cm³/mol. The third-order valence-electron chi connectivity index (χ3n) is 6.76. The number of amides is 1. The molecule has 4 aromatic rings. The van der Waals surface area contributed by atoms with Crippen molar-refractivity contribution in [2.75, 3.05) is 26.3 Å². The average Bonchev–Trinajstić information content (AvgIpc) is 3.59. The molecule has 2 aromatic carbocycles. The van der Waals surface area contributed by atoms with E-state index >= 15 is 0 Å². The van der Waals surface area contributed by atoms with Crippen molar-refractivity contribution in [1.29, 1.82) is 0 Å². The molecule has 0 spiro atoms. The van der Waals surface area contributed by atoms with E-state index in [1.165, 1.54) is 0 Å². The van der Waals surface area contributed by atoms with Crippen molar-refractivity contribution in [2.45, 2.75) is 38.6 Å². The summed E-state index contributed by atoms with van der Waals surface area (Å²) in [6, 6.07) is 13.9. The zero-order valence-electron chi connectivity index (χ0n) is 21.3. The van der Waals surface area contributed by atoms with E-state index in [1.54, 1.807) is 30.1 Å². The molecule has 0 N–H and O–H groups in total. The van der Waals surface area contributed by atoms with E-state index in [1.807, 2.05) is 52.5 Å². The van der Waals surface area contributed by atoms with Crippen LogP contribution in [0.2, 0.25) is 5.02 Å². The highest BCUT2D eigenvalue weighted by atomic mass is 35.5. The molecule has 1 saturated heterocycles. The number of rotatable bonds is 7. The molecule has 38 heavy (non-hydrogen) atoms. The first-order valence-corrected chi connectivity index (χ1v) is 14.0. The molecule has 0 bridgehead atoms. The number of thiazole rings is 1. The highest BCUT2D eigenvalue weighted by Gasteiger charge is 2.30. The number of piperidine rings is 1. The van der Waals surface area contributed by atoms with E-state index in [-0.39, 0.29) is 30.5 Å². The lowest BCUT2D eigenvalue weighted by Gasteiger charge is -2.32. The number of esters is 1. The number of aromatic nitrogens is 3. The lowest BCUT2D eigenvalue weighted by atomic mass is 9.91. The van der Waals surface area contributed by atoms with Crippen LogP contribution in [0.4, 0.5) is 4.79 Å². The van der Waals surface area contributed by atoms with Gasteiger partial charge in [-0.25, -0.2) is 19.6 Å². The second-order valence-electron chi connectivity index (χ2n) is 9.05. The monoisotopic (exact) mass is 552 g/mol. The van der Waals surface area contributed by atoms with Gasteiger partial charge in [0.05, 0.1) is 30.2 Å². The Bertz CT molecular complexity index is 1410. The maximum atomic E-state index is 13.0. The smallest absolute Gasteiger partial charge is 0.409 e. The molecule has 1 aliphatic heterocycles. The molecule has 8 nitrogen and oxygen atoms in total. The van der Waals surface area contributed by atoms with Crippen molar-refractivity contribution in [3.8, 4) is 0 Å². The summed E-state index contributed by atoms with van der Waals surface area (Å²) in [6.45, 7) is 5.27. The summed E-state index contributed by atoms with van der Waals surface area (Å²) in [6.07, 6.45) is 2.85. The van der Waals surface area contributed by atoms with Gasteiger partial charge in [-0.15, -0.1) is 11.3 Å². The van der Waals surface area contributed by atoms with E-state index < -0.39 is 5.97 Å². The predicted octanol–water partition coefficient (Wildman–Crippen LogP) is 6.30. The van der Waals surface area contributed by atoms with Crippen LogP contribution in [0, 0.1) is 0 Å². The first-order valence-electron chi connectivity index (χ1n) is 12.8. The summed E-state index contributed by atoms with van der Waals surface area (Å²) in [4.78, 5) is 36.3. The van der Waals surface area contributed by atoms with Gasteiger partial charge in [0, 0.05) is 35.7 Å². The molecule has 198 valence electrons. The van der Waals surface area contributed by atoms with Gasteiger partial charge in [0.2, 0.25) is 5.82 Å². The van der Waals surface area contributed by atoms with Crippen LogP contribution < -0.4 is 0 Å². The quantitative estimate of drug-likeness (QED) is 0.250. The Hall–Kier alpha value is -3.43. The molecule has 1 unspecified atom stereocenters. The maximum absolute atomic E-state index is 13.0. The van der Waals surface area contributed by atoms with Crippen LogP contribution in [0.15, 0.2) is 54.0 Å². The van der Waals surface area contributed by atoms with Crippen LogP contribution in [-0.4, -0.2) is 57.8 Å². The summed E-state index contributed by atoms with van der Waals surface area (Å²) in [5, 5.41) is 3.61. The third kappa shape index (κ3) is 5.26. The molecule has 0 saturated carbocycles. The number of likely N-dealkylation sites (tertiary alicyclic amines) is 1. The molecule has 1 fully saturated rings. The fraction of sp³-hybridized carbons (Fsp3) is 0.357. The van der Waals surface area contributed by atoms with Crippen molar-refractivity contribution in [3.05, 3.63) is 81.0 Å². The molecule has 1 amide bonds. The van der Waals surface area contributed by atoms with Crippen LogP contribution in [-0.2, 0) is 9.47 Å². The van der Waals surface area contributed by atoms with E-state index in [2.05, 4.69) is 11.1 Å². The SMILES string of the molecule is CCOC(=O)c1nc2ccc(C(c3ccc(Cl)cc3)c3nccs3)cc2n1C1CCN(C(=O)OCC)CC1. The van der Waals surface area contributed by atoms with Gasteiger partial charge in [-0.05, 0) is 62.1 Å². The van der Waals surface area contributed by atoms with Crippen LogP contribution in [0.1, 0.15) is 65.4 Å². The van der Waals surface area contributed by atoms with Crippen molar-refractivity contribution in [2.24, 2.45) is 0 Å². The fourth-order valence-corrected chi connectivity index (χ4v) is 5.95. The Morgan fingerprint density at radius 2 is 1.76 bits per heavy atom.